The molecule has 0 saturated carbocycles. The summed E-state index contributed by atoms with van der Waals surface area (Å²) in [5.41, 5.74) is 6.29. The van der Waals surface area contributed by atoms with Crippen LogP contribution in [0.15, 0.2) is 18.2 Å². The van der Waals surface area contributed by atoms with Crippen molar-refractivity contribution in [3.05, 3.63) is 35.4 Å². The predicted octanol–water partition coefficient (Wildman–Crippen LogP) is 3.79. The molecule has 0 heterocycles. The van der Waals surface area contributed by atoms with Crippen LogP contribution in [0.25, 0.3) is 0 Å². The van der Waals surface area contributed by atoms with Crippen molar-refractivity contribution in [1.82, 2.24) is 0 Å². The minimum Gasteiger partial charge on any atom is -0.324 e. The van der Waals surface area contributed by atoms with E-state index >= 15 is 0 Å². The number of hydrogen-bond donors (Lipinski definition) is 1. The fraction of sp³-hybridized carbons (Fsp3) is 0.538. The van der Waals surface area contributed by atoms with Crippen LogP contribution >= 0.6 is 0 Å². The first-order valence-electron chi connectivity index (χ1n) is 5.51. The lowest BCUT2D eigenvalue weighted by Gasteiger charge is -2.21. The fourth-order valence-corrected chi connectivity index (χ4v) is 1.55. The highest BCUT2D eigenvalue weighted by atomic mass is 19.2. The molecule has 0 fully saturated rings. The molecule has 1 atom stereocenters. The van der Waals surface area contributed by atoms with E-state index in [1.807, 2.05) is 0 Å². The highest BCUT2D eigenvalue weighted by Crippen LogP contribution is 2.27. The Bertz CT molecular complexity index is 355. The molecule has 1 aromatic carbocycles. The second-order valence-corrected chi connectivity index (χ2v) is 5.35. The Morgan fingerprint density at radius 3 is 2.44 bits per heavy atom. The van der Waals surface area contributed by atoms with Crippen molar-refractivity contribution in [2.45, 2.75) is 39.7 Å². The van der Waals surface area contributed by atoms with Gasteiger partial charge in [-0.05, 0) is 24.3 Å². The largest absolute Gasteiger partial charge is 0.324 e. The highest BCUT2D eigenvalue weighted by Gasteiger charge is 2.17. The van der Waals surface area contributed by atoms with Crippen molar-refractivity contribution in [2.24, 2.45) is 11.1 Å². The number of nitrogens with two attached hydrogens (primary N) is 1. The van der Waals surface area contributed by atoms with Crippen LogP contribution in [0, 0.1) is 17.0 Å². The van der Waals surface area contributed by atoms with Gasteiger partial charge in [-0.15, -0.1) is 0 Å². The molecule has 0 bridgehead atoms. The van der Waals surface area contributed by atoms with E-state index in [9.17, 15) is 8.78 Å². The van der Waals surface area contributed by atoms with Gasteiger partial charge < -0.3 is 5.73 Å². The first kappa shape index (κ1) is 13.1. The molecule has 0 aliphatic rings. The summed E-state index contributed by atoms with van der Waals surface area (Å²) in [5, 5.41) is 0. The molecule has 3 heteroatoms. The second-order valence-electron chi connectivity index (χ2n) is 5.35. The summed E-state index contributed by atoms with van der Waals surface area (Å²) in [5.74, 6) is -1.65. The summed E-state index contributed by atoms with van der Waals surface area (Å²) in [6.07, 6.45) is 1.54. The van der Waals surface area contributed by atoms with Crippen LogP contribution in [0.2, 0.25) is 0 Å². The minimum atomic E-state index is -0.830. The van der Waals surface area contributed by atoms with E-state index in [1.54, 1.807) is 6.07 Å². The molecule has 2 N–H and O–H groups in total. The summed E-state index contributed by atoms with van der Waals surface area (Å²) < 4.78 is 26.4. The molecule has 1 aromatic rings. The van der Waals surface area contributed by atoms with E-state index in [-0.39, 0.29) is 11.0 Å². The molecule has 0 aliphatic carbocycles. The van der Waals surface area contributed by atoms with E-state index < -0.39 is 17.7 Å². The van der Waals surface area contributed by atoms with E-state index in [0.717, 1.165) is 12.5 Å². The monoisotopic (exact) mass is 227 g/mol. The van der Waals surface area contributed by atoms with Crippen molar-refractivity contribution in [3.8, 4) is 0 Å². The maximum Gasteiger partial charge on any atom is 0.163 e. The smallest absolute Gasteiger partial charge is 0.163 e. The van der Waals surface area contributed by atoms with E-state index in [4.69, 9.17) is 5.73 Å². The van der Waals surface area contributed by atoms with Crippen LogP contribution in [-0.2, 0) is 0 Å². The van der Waals surface area contributed by atoms with Gasteiger partial charge in [0.05, 0.1) is 0 Å². The molecule has 0 aromatic heterocycles. The van der Waals surface area contributed by atoms with Crippen molar-refractivity contribution in [3.63, 3.8) is 0 Å². The molecule has 1 unspecified atom stereocenters. The lowest BCUT2D eigenvalue weighted by atomic mass is 9.87. The van der Waals surface area contributed by atoms with Crippen LogP contribution in [0.3, 0.4) is 0 Å². The first-order valence-corrected chi connectivity index (χ1v) is 5.51. The van der Waals surface area contributed by atoms with Crippen LogP contribution in [0.5, 0.6) is 0 Å². The molecule has 16 heavy (non-hydrogen) atoms. The van der Waals surface area contributed by atoms with E-state index in [2.05, 4.69) is 20.8 Å². The van der Waals surface area contributed by atoms with E-state index in [0.29, 0.717) is 6.42 Å². The van der Waals surface area contributed by atoms with Crippen molar-refractivity contribution < 1.29 is 8.78 Å². The summed E-state index contributed by atoms with van der Waals surface area (Å²) in [6, 6.07) is 3.71. The first-order chi connectivity index (χ1) is 7.31. The third-order valence-electron chi connectivity index (χ3n) is 2.59. The third-order valence-corrected chi connectivity index (χ3v) is 2.59. The number of rotatable bonds is 3. The quantitative estimate of drug-likeness (QED) is 0.835. The normalized spacial score (nSPS) is 13.9. The van der Waals surface area contributed by atoms with Crippen LogP contribution in [0.1, 0.15) is 45.2 Å². The fourth-order valence-electron chi connectivity index (χ4n) is 1.55. The zero-order valence-electron chi connectivity index (χ0n) is 10.1. The van der Waals surface area contributed by atoms with Gasteiger partial charge in [0.1, 0.15) is 0 Å². The van der Waals surface area contributed by atoms with Gasteiger partial charge in [-0.1, -0.05) is 32.9 Å². The zero-order valence-corrected chi connectivity index (χ0v) is 10.1. The van der Waals surface area contributed by atoms with Crippen molar-refractivity contribution in [2.75, 3.05) is 0 Å². The van der Waals surface area contributed by atoms with Crippen molar-refractivity contribution in [1.29, 1.82) is 0 Å². The molecular weight excluding hydrogens is 208 g/mol. The van der Waals surface area contributed by atoms with Gasteiger partial charge >= 0.3 is 0 Å². The highest BCUT2D eigenvalue weighted by molar-refractivity contribution is 5.22. The maximum atomic E-state index is 13.4. The minimum absolute atomic E-state index is 0.154. The standard InChI is InChI=1S/C13H19F2N/c1-13(2,3)8-7-11(16)9-5-4-6-10(14)12(9)15/h4-6,11H,7-8,16H2,1-3H3. The van der Waals surface area contributed by atoms with E-state index in [1.165, 1.54) is 6.07 Å². The topological polar surface area (TPSA) is 26.0 Å². The Morgan fingerprint density at radius 1 is 1.25 bits per heavy atom. The molecule has 0 radical (unpaired) electrons. The van der Waals surface area contributed by atoms with Crippen molar-refractivity contribution >= 4 is 0 Å². The van der Waals surface area contributed by atoms with Gasteiger partial charge in [-0.25, -0.2) is 8.78 Å². The van der Waals surface area contributed by atoms with Gasteiger partial charge in [-0.3, -0.25) is 0 Å². The summed E-state index contributed by atoms with van der Waals surface area (Å²) in [6.45, 7) is 6.30. The lowest BCUT2D eigenvalue weighted by molar-refractivity contribution is 0.346. The summed E-state index contributed by atoms with van der Waals surface area (Å²) in [7, 11) is 0. The summed E-state index contributed by atoms with van der Waals surface area (Å²) in [4.78, 5) is 0. The third kappa shape index (κ3) is 3.56. The number of hydrogen-bond acceptors (Lipinski definition) is 1. The number of benzene rings is 1. The van der Waals surface area contributed by atoms with Gasteiger partial charge in [0.25, 0.3) is 0 Å². The van der Waals surface area contributed by atoms with Crippen LogP contribution in [0.4, 0.5) is 8.78 Å². The zero-order chi connectivity index (χ0) is 12.3. The van der Waals surface area contributed by atoms with Gasteiger partial charge in [0.15, 0.2) is 11.6 Å². The Labute approximate surface area is 95.7 Å². The Morgan fingerprint density at radius 2 is 1.88 bits per heavy atom. The second kappa shape index (κ2) is 4.91. The molecule has 0 spiro atoms. The van der Waals surface area contributed by atoms with Crippen LogP contribution < -0.4 is 5.73 Å². The molecule has 0 amide bonds. The molecular formula is C13H19F2N. The van der Waals surface area contributed by atoms with Gasteiger partial charge in [0.2, 0.25) is 0 Å². The molecule has 1 rings (SSSR count). The molecule has 1 nitrogen and oxygen atoms in total. The Balaban J connectivity index is 2.73. The predicted molar refractivity (Wildman–Crippen MR) is 62.0 cm³/mol. The molecule has 0 saturated heterocycles. The molecule has 0 aliphatic heterocycles. The van der Waals surface area contributed by atoms with Gasteiger partial charge in [-0.2, -0.15) is 0 Å². The van der Waals surface area contributed by atoms with Crippen LogP contribution in [-0.4, -0.2) is 0 Å². The Kier molecular flexibility index (Phi) is 4.03. The Hall–Kier alpha value is -0.960. The van der Waals surface area contributed by atoms with Gasteiger partial charge in [0, 0.05) is 11.6 Å². The average Bonchev–Trinajstić information content (AvgIpc) is 2.17. The molecule has 90 valence electrons. The SMILES string of the molecule is CC(C)(C)CCC(N)c1cccc(F)c1F. The maximum absolute atomic E-state index is 13.4. The number of halogens is 2. The average molecular weight is 227 g/mol. The lowest BCUT2D eigenvalue weighted by Crippen LogP contribution is -2.16. The summed E-state index contributed by atoms with van der Waals surface area (Å²) >= 11 is 0.